The molecule has 3 aromatic rings. The fourth-order valence-electron chi connectivity index (χ4n) is 2.62. The van der Waals surface area contributed by atoms with Crippen molar-refractivity contribution in [1.82, 2.24) is 15.8 Å². The molecular formula is C21H21N3O2S. The maximum atomic E-state index is 12.6. The van der Waals surface area contributed by atoms with E-state index in [1.165, 1.54) is 11.3 Å². The average Bonchev–Trinajstić information content (AvgIpc) is 3.09. The van der Waals surface area contributed by atoms with Crippen molar-refractivity contribution < 1.29 is 9.59 Å². The third kappa shape index (κ3) is 4.06. The lowest BCUT2D eigenvalue weighted by molar-refractivity contribution is -0.126. The first-order valence-corrected chi connectivity index (χ1v) is 9.40. The molecule has 0 unspecified atom stereocenters. The van der Waals surface area contributed by atoms with Crippen LogP contribution in [-0.4, -0.2) is 16.8 Å². The molecule has 0 aliphatic rings. The molecule has 27 heavy (non-hydrogen) atoms. The number of thiazole rings is 1. The van der Waals surface area contributed by atoms with E-state index in [0.29, 0.717) is 10.6 Å². The Kier molecular flexibility index (Phi) is 5.37. The minimum Gasteiger partial charge on any atom is -0.272 e. The number of nitrogens with one attached hydrogen (secondary N) is 2. The normalized spacial score (nSPS) is 11.1. The number of carbonyl (C=O) groups excluding carboxylic acids is 2. The first kappa shape index (κ1) is 18.8. The van der Waals surface area contributed by atoms with Gasteiger partial charge in [0.1, 0.15) is 9.88 Å². The highest BCUT2D eigenvalue weighted by Gasteiger charge is 2.30. The molecule has 0 radical (unpaired) electrons. The van der Waals surface area contributed by atoms with Gasteiger partial charge >= 0.3 is 0 Å². The summed E-state index contributed by atoms with van der Waals surface area (Å²) < 4.78 is 0. The molecule has 0 aliphatic heterocycles. The predicted molar refractivity (Wildman–Crippen MR) is 107 cm³/mol. The van der Waals surface area contributed by atoms with Crippen LogP contribution in [0, 0.1) is 6.92 Å². The summed E-state index contributed by atoms with van der Waals surface area (Å²) in [6, 6.07) is 19.1. The molecule has 138 valence electrons. The van der Waals surface area contributed by atoms with Crippen LogP contribution in [0.4, 0.5) is 0 Å². The van der Waals surface area contributed by atoms with Crippen molar-refractivity contribution in [2.45, 2.75) is 26.2 Å². The molecule has 6 heteroatoms. The fourth-order valence-corrected chi connectivity index (χ4v) is 3.59. The van der Waals surface area contributed by atoms with E-state index < -0.39 is 5.41 Å². The van der Waals surface area contributed by atoms with Gasteiger partial charge in [0.05, 0.1) is 11.1 Å². The van der Waals surface area contributed by atoms with Gasteiger partial charge in [-0.1, -0.05) is 60.7 Å². The van der Waals surface area contributed by atoms with Gasteiger partial charge in [-0.25, -0.2) is 4.98 Å². The molecule has 0 fully saturated rings. The maximum Gasteiger partial charge on any atom is 0.281 e. The van der Waals surface area contributed by atoms with Crippen molar-refractivity contribution in [3.63, 3.8) is 0 Å². The molecule has 5 nitrogen and oxygen atoms in total. The Morgan fingerprint density at radius 3 is 2.15 bits per heavy atom. The van der Waals surface area contributed by atoms with E-state index in [2.05, 4.69) is 15.8 Å². The van der Waals surface area contributed by atoms with E-state index >= 15 is 0 Å². The van der Waals surface area contributed by atoms with E-state index in [0.717, 1.165) is 16.1 Å². The summed E-state index contributed by atoms with van der Waals surface area (Å²) in [5.41, 5.74) is 6.74. The van der Waals surface area contributed by atoms with E-state index in [1.54, 1.807) is 6.92 Å². The third-order valence-corrected chi connectivity index (χ3v) is 5.58. The minimum absolute atomic E-state index is 0.285. The Hall–Kier alpha value is -2.99. The van der Waals surface area contributed by atoms with Gasteiger partial charge in [0.25, 0.3) is 5.91 Å². The molecule has 1 heterocycles. The zero-order valence-electron chi connectivity index (χ0n) is 15.4. The molecule has 0 bridgehead atoms. The molecule has 3 rings (SSSR count). The number of hydrogen-bond donors (Lipinski definition) is 2. The van der Waals surface area contributed by atoms with Crippen LogP contribution < -0.4 is 10.9 Å². The summed E-state index contributed by atoms with van der Waals surface area (Å²) in [4.78, 5) is 30.0. The Labute approximate surface area is 162 Å². The van der Waals surface area contributed by atoms with E-state index in [4.69, 9.17) is 0 Å². The summed E-state index contributed by atoms with van der Waals surface area (Å²) >= 11 is 1.30. The fraction of sp³-hybridized carbons (Fsp3) is 0.190. The first-order valence-electron chi connectivity index (χ1n) is 8.59. The number of hydrazine groups is 1. The smallest absolute Gasteiger partial charge is 0.272 e. The second kappa shape index (κ2) is 7.72. The number of hydrogen-bond acceptors (Lipinski definition) is 4. The quantitative estimate of drug-likeness (QED) is 0.676. The van der Waals surface area contributed by atoms with Gasteiger partial charge in [0, 0.05) is 5.56 Å². The SMILES string of the molecule is Cc1nc(-c2ccccc2)sc1C(=O)NNC(=O)C(C)(C)c1ccccc1. The lowest BCUT2D eigenvalue weighted by Crippen LogP contribution is -2.49. The zero-order valence-corrected chi connectivity index (χ0v) is 16.3. The topological polar surface area (TPSA) is 71.1 Å². The largest absolute Gasteiger partial charge is 0.281 e. The summed E-state index contributed by atoms with van der Waals surface area (Å²) in [5, 5.41) is 0.772. The minimum atomic E-state index is -0.771. The van der Waals surface area contributed by atoms with E-state index in [-0.39, 0.29) is 11.8 Å². The predicted octanol–water partition coefficient (Wildman–Crippen LogP) is 3.86. The van der Waals surface area contributed by atoms with Crippen LogP contribution >= 0.6 is 11.3 Å². The number of rotatable bonds is 4. The Morgan fingerprint density at radius 2 is 1.52 bits per heavy atom. The van der Waals surface area contributed by atoms with Gasteiger partial charge in [-0.05, 0) is 26.3 Å². The van der Waals surface area contributed by atoms with Crippen molar-refractivity contribution in [1.29, 1.82) is 0 Å². The van der Waals surface area contributed by atoms with Crippen LogP contribution in [0.3, 0.4) is 0 Å². The number of aryl methyl sites for hydroxylation is 1. The first-order chi connectivity index (χ1) is 12.9. The van der Waals surface area contributed by atoms with Crippen molar-refractivity contribution in [2.75, 3.05) is 0 Å². The highest BCUT2D eigenvalue weighted by atomic mass is 32.1. The second-order valence-electron chi connectivity index (χ2n) is 6.70. The molecule has 1 aromatic heterocycles. The number of benzene rings is 2. The number of carbonyl (C=O) groups is 2. The Balaban J connectivity index is 1.69. The molecular weight excluding hydrogens is 358 g/mol. The highest BCUT2D eigenvalue weighted by molar-refractivity contribution is 7.17. The molecule has 0 aliphatic carbocycles. The number of nitrogens with zero attached hydrogens (tertiary/aromatic N) is 1. The summed E-state index contributed by atoms with van der Waals surface area (Å²) in [6.07, 6.45) is 0. The summed E-state index contributed by atoms with van der Waals surface area (Å²) in [6.45, 7) is 5.41. The molecule has 2 amide bonds. The van der Waals surface area contributed by atoms with Crippen LogP contribution in [0.2, 0.25) is 0 Å². The van der Waals surface area contributed by atoms with Crippen LogP contribution in [0.5, 0.6) is 0 Å². The van der Waals surface area contributed by atoms with Gasteiger partial charge in [-0.3, -0.25) is 20.4 Å². The van der Waals surface area contributed by atoms with Crippen molar-refractivity contribution in [2.24, 2.45) is 0 Å². The van der Waals surface area contributed by atoms with Crippen molar-refractivity contribution in [3.05, 3.63) is 76.8 Å². The molecule has 0 spiro atoms. The summed E-state index contributed by atoms with van der Waals surface area (Å²) in [5.74, 6) is -0.656. The number of aromatic nitrogens is 1. The summed E-state index contributed by atoms with van der Waals surface area (Å²) in [7, 11) is 0. The monoisotopic (exact) mass is 379 g/mol. The van der Waals surface area contributed by atoms with Crippen LogP contribution in [0.15, 0.2) is 60.7 Å². The average molecular weight is 379 g/mol. The molecule has 2 N–H and O–H groups in total. The highest BCUT2D eigenvalue weighted by Crippen LogP contribution is 2.27. The van der Waals surface area contributed by atoms with Gasteiger partial charge in [-0.15, -0.1) is 11.3 Å². The lowest BCUT2D eigenvalue weighted by atomic mass is 9.84. The van der Waals surface area contributed by atoms with Crippen LogP contribution in [0.25, 0.3) is 10.6 Å². The van der Waals surface area contributed by atoms with Crippen LogP contribution in [-0.2, 0) is 10.2 Å². The van der Waals surface area contributed by atoms with Gasteiger partial charge in [0.2, 0.25) is 5.91 Å². The van der Waals surface area contributed by atoms with Crippen LogP contribution in [0.1, 0.15) is 34.8 Å². The molecule has 2 aromatic carbocycles. The van der Waals surface area contributed by atoms with Gasteiger partial charge < -0.3 is 0 Å². The van der Waals surface area contributed by atoms with Crippen molar-refractivity contribution >= 4 is 23.2 Å². The Morgan fingerprint density at radius 1 is 0.926 bits per heavy atom. The standard InChI is InChI=1S/C21H21N3O2S/c1-14-17(27-19(22-14)15-10-6-4-7-11-15)18(25)23-24-20(26)21(2,3)16-12-8-5-9-13-16/h4-13H,1-3H3,(H,23,25)(H,24,26). The zero-order chi connectivity index (χ0) is 19.4. The third-order valence-electron chi connectivity index (χ3n) is 4.38. The van der Waals surface area contributed by atoms with Crippen molar-refractivity contribution in [3.8, 4) is 10.6 Å². The molecule has 0 atom stereocenters. The second-order valence-corrected chi connectivity index (χ2v) is 7.70. The molecule has 0 saturated heterocycles. The van der Waals surface area contributed by atoms with Gasteiger partial charge in [-0.2, -0.15) is 0 Å². The molecule has 0 saturated carbocycles. The van der Waals surface area contributed by atoms with Gasteiger partial charge in [0.15, 0.2) is 0 Å². The lowest BCUT2D eigenvalue weighted by Gasteiger charge is -2.24. The van der Waals surface area contributed by atoms with E-state index in [9.17, 15) is 9.59 Å². The maximum absolute atomic E-state index is 12.6. The Bertz CT molecular complexity index is 950. The number of amides is 2. The van der Waals surface area contributed by atoms with E-state index in [1.807, 2.05) is 74.5 Å².